The van der Waals surface area contributed by atoms with E-state index >= 15 is 0 Å². The van der Waals surface area contributed by atoms with Gasteiger partial charge in [-0.25, -0.2) is 18.1 Å². The van der Waals surface area contributed by atoms with E-state index in [1.54, 1.807) is 0 Å². The first kappa shape index (κ1) is 14.0. The average molecular weight is 292 g/mol. The van der Waals surface area contributed by atoms with Crippen LogP contribution in [0.15, 0.2) is 52.1 Å². The number of benzene rings is 1. The lowest BCUT2D eigenvalue weighted by Crippen LogP contribution is -2.29. The van der Waals surface area contributed by atoms with Gasteiger partial charge in [0.1, 0.15) is 0 Å². The van der Waals surface area contributed by atoms with Crippen molar-refractivity contribution in [1.82, 2.24) is 8.52 Å². The zero-order chi connectivity index (χ0) is 14.5. The Morgan fingerprint density at radius 2 is 1.95 bits per heavy atom. The molecule has 0 saturated carbocycles. The van der Waals surface area contributed by atoms with Gasteiger partial charge in [0, 0.05) is 17.6 Å². The van der Waals surface area contributed by atoms with E-state index in [0.29, 0.717) is 0 Å². The molecule has 0 fully saturated rings. The van der Waals surface area contributed by atoms with Crippen LogP contribution in [0.5, 0.6) is 0 Å². The largest absolute Gasteiger partial charge is 0.478 e. The first-order valence-electron chi connectivity index (χ1n) is 5.82. The number of allylic oxidation sites excluding steroid dienone is 1. The van der Waals surface area contributed by atoms with Crippen LogP contribution in [0.1, 0.15) is 5.56 Å². The number of hydrogen-bond donors (Lipinski definition) is 1. The molecule has 7 heteroatoms. The van der Waals surface area contributed by atoms with Gasteiger partial charge in [0.15, 0.2) is 0 Å². The van der Waals surface area contributed by atoms with Crippen molar-refractivity contribution in [2.75, 3.05) is 0 Å². The van der Waals surface area contributed by atoms with Gasteiger partial charge in [-0.1, -0.05) is 36.4 Å². The molecule has 0 aliphatic carbocycles. The fourth-order valence-corrected chi connectivity index (χ4v) is 2.43. The van der Waals surface area contributed by atoms with Gasteiger partial charge in [0.25, 0.3) is 0 Å². The highest BCUT2D eigenvalue weighted by Gasteiger charge is 2.09. The molecule has 1 aromatic carbocycles. The second-order valence-electron chi connectivity index (χ2n) is 4.01. The van der Waals surface area contributed by atoms with Crippen LogP contribution in [0, 0.1) is 0 Å². The zero-order valence-corrected chi connectivity index (χ0v) is 11.2. The van der Waals surface area contributed by atoms with Crippen LogP contribution in [0.3, 0.4) is 0 Å². The first-order valence-corrected chi connectivity index (χ1v) is 6.59. The first-order chi connectivity index (χ1) is 9.58. The molecule has 0 amide bonds. The Kier molecular flexibility index (Phi) is 4.31. The van der Waals surface area contributed by atoms with Gasteiger partial charge >= 0.3 is 16.5 Å². The number of aromatic nitrogens is 2. The fraction of sp³-hybridized carbons (Fsp3) is 0.154. The number of carboxylic acid groups (broad SMARTS) is 1. The van der Waals surface area contributed by atoms with Crippen molar-refractivity contribution in [2.24, 2.45) is 0 Å². The van der Waals surface area contributed by atoms with Crippen molar-refractivity contribution in [2.45, 2.75) is 13.1 Å². The maximum atomic E-state index is 12.0. The van der Waals surface area contributed by atoms with Crippen LogP contribution in [0.2, 0.25) is 0 Å². The third-order valence-electron chi connectivity index (χ3n) is 2.57. The molecule has 104 valence electrons. The van der Waals surface area contributed by atoms with Crippen molar-refractivity contribution in [1.29, 1.82) is 0 Å². The SMILES string of the molecule is O=C(O)/C=C/Cn1sc(=O)n(Cc2ccccc2)c1=O. The number of rotatable bonds is 5. The third-order valence-corrected chi connectivity index (χ3v) is 3.47. The Bertz CT molecular complexity index is 740. The maximum absolute atomic E-state index is 12.0. The Hall–Kier alpha value is -2.41. The molecule has 0 radical (unpaired) electrons. The molecule has 0 aliphatic rings. The molecule has 0 bridgehead atoms. The lowest BCUT2D eigenvalue weighted by atomic mass is 10.2. The van der Waals surface area contributed by atoms with Gasteiger partial charge in [-0.2, -0.15) is 0 Å². The summed E-state index contributed by atoms with van der Waals surface area (Å²) in [5.74, 6) is -1.09. The molecular formula is C13H12N2O4S. The van der Waals surface area contributed by atoms with Gasteiger partial charge < -0.3 is 5.11 Å². The normalized spacial score (nSPS) is 11.0. The Morgan fingerprint density at radius 3 is 2.60 bits per heavy atom. The summed E-state index contributed by atoms with van der Waals surface area (Å²) in [5.41, 5.74) is 0.427. The standard InChI is InChI=1S/C13H12N2O4S/c16-11(17)7-4-8-15-12(18)14(13(19)20-15)9-10-5-2-1-3-6-10/h1-7H,8-9H2,(H,16,17)/b7-4+. The summed E-state index contributed by atoms with van der Waals surface area (Å²) in [6.45, 7) is 0.289. The minimum atomic E-state index is -1.09. The Balaban J connectivity index is 2.23. The van der Waals surface area contributed by atoms with Crippen LogP contribution < -0.4 is 10.6 Å². The van der Waals surface area contributed by atoms with E-state index in [4.69, 9.17) is 5.11 Å². The quantitative estimate of drug-likeness (QED) is 0.825. The topological polar surface area (TPSA) is 81.3 Å². The third kappa shape index (κ3) is 3.33. The van der Waals surface area contributed by atoms with Crippen molar-refractivity contribution in [3.63, 3.8) is 0 Å². The van der Waals surface area contributed by atoms with Crippen LogP contribution in [0.4, 0.5) is 0 Å². The van der Waals surface area contributed by atoms with E-state index in [1.807, 2.05) is 30.3 Å². The van der Waals surface area contributed by atoms with E-state index in [0.717, 1.165) is 27.7 Å². The Labute approximate surface area is 118 Å². The summed E-state index contributed by atoms with van der Waals surface area (Å²) >= 11 is 0.779. The molecule has 2 aromatic rings. The van der Waals surface area contributed by atoms with E-state index in [9.17, 15) is 14.4 Å². The lowest BCUT2D eigenvalue weighted by Gasteiger charge is -1.99. The van der Waals surface area contributed by atoms with Crippen molar-refractivity contribution < 1.29 is 9.90 Å². The lowest BCUT2D eigenvalue weighted by molar-refractivity contribution is -0.131. The number of carbonyl (C=O) groups is 1. The summed E-state index contributed by atoms with van der Waals surface area (Å²) in [4.78, 5) is 33.8. The maximum Gasteiger partial charge on any atom is 0.341 e. The molecule has 2 rings (SSSR count). The highest BCUT2D eigenvalue weighted by atomic mass is 32.1. The molecule has 20 heavy (non-hydrogen) atoms. The summed E-state index contributed by atoms with van der Waals surface area (Å²) in [7, 11) is 0. The van der Waals surface area contributed by atoms with E-state index in [2.05, 4.69) is 0 Å². The molecule has 0 unspecified atom stereocenters. The average Bonchev–Trinajstić information content (AvgIpc) is 2.67. The predicted molar refractivity (Wildman–Crippen MR) is 75.2 cm³/mol. The highest BCUT2D eigenvalue weighted by Crippen LogP contribution is 1.99. The summed E-state index contributed by atoms with van der Waals surface area (Å²) in [6.07, 6.45) is 2.27. The molecule has 1 N–H and O–H groups in total. The summed E-state index contributed by atoms with van der Waals surface area (Å²) < 4.78 is 2.36. The molecule has 1 heterocycles. The smallest absolute Gasteiger partial charge is 0.341 e. The molecular weight excluding hydrogens is 280 g/mol. The minimum Gasteiger partial charge on any atom is -0.478 e. The second kappa shape index (κ2) is 6.16. The highest BCUT2D eigenvalue weighted by molar-refractivity contribution is 7.03. The van der Waals surface area contributed by atoms with Gasteiger partial charge in [0.2, 0.25) is 0 Å². The van der Waals surface area contributed by atoms with Gasteiger partial charge in [-0.05, 0) is 5.56 Å². The molecule has 0 aliphatic heterocycles. The summed E-state index contributed by atoms with van der Waals surface area (Å²) in [5, 5.41) is 8.48. The molecule has 0 spiro atoms. The van der Waals surface area contributed by atoms with E-state index < -0.39 is 11.7 Å². The van der Waals surface area contributed by atoms with Crippen LogP contribution in [-0.2, 0) is 17.9 Å². The van der Waals surface area contributed by atoms with Crippen molar-refractivity contribution in [3.8, 4) is 0 Å². The zero-order valence-electron chi connectivity index (χ0n) is 10.4. The van der Waals surface area contributed by atoms with Gasteiger partial charge in [-0.15, -0.1) is 0 Å². The molecule has 1 aromatic heterocycles. The van der Waals surface area contributed by atoms with Gasteiger partial charge in [-0.3, -0.25) is 4.79 Å². The monoisotopic (exact) mass is 292 g/mol. The fourth-order valence-electron chi connectivity index (χ4n) is 1.66. The molecule has 6 nitrogen and oxygen atoms in total. The van der Waals surface area contributed by atoms with Crippen molar-refractivity contribution in [3.05, 3.63) is 68.2 Å². The van der Waals surface area contributed by atoms with E-state index in [-0.39, 0.29) is 18.0 Å². The molecule has 0 saturated heterocycles. The number of carboxylic acids is 1. The van der Waals surface area contributed by atoms with E-state index in [1.165, 1.54) is 10.0 Å². The Morgan fingerprint density at radius 1 is 1.25 bits per heavy atom. The number of hydrogen-bond acceptors (Lipinski definition) is 4. The molecule has 0 atom stereocenters. The van der Waals surface area contributed by atoms with Crippen LogP contribution >= 0.6 is 11.5 Å². The predicted octanol–water partition coefficient (Wildman–Crippen LogP) is 0.761. The minimum absolute atomic E-state index is 0.0762. The number of nitrogens with zero attached hydrogens (tertiary/aromatic N) is 2. The van der Waals surface area contributed by atoms with Crippen LogP contribution in [0.25, 0.3) is 0 Å². The second-order valence-corrected chi connectivity index (χ2v) is 4.99. The van der Waals surface area contributed by atoms with Crippen molar-refractivity contribution >= 4 is 17.5 Å². The van der Waals surface area contributed by atoms with Crippen LogP contribution in [-0.4, -0.2) is 19.6 Å². The van der Waals surface area contributed by atoms with Gasteiger partial charge in [0.05, 0.1) is 13.1 Å². The summed E-state index contributed by atoms with van der Waals surface area (Å²) in [6, 6.07) is 9.19. The number of aliphatic carboxylic acids is 1.